The van der Waals surface area contributed by atoms with Gasteiger partial charge in [-0.25, -0.2) is 4.79 Å². The van der Waals surface area contributed by atoms with Gasteiger partial charge in [-0.15, -0.1) is 0 Å². The van der Waals surface area contributed by atoms with Crippen LogP contribution in [0.25, 0.3) is 11.0 Å². The predicted molar refractivity (Wildman–Crippen MR) is 78.9 cm³/mol. The maximum atomic E-state index is 11.4. The number of nitrogens with zero attached hydrogens (tertiary/aromatic N) is 1. The van der Waals surface area contributed by atoms with E-state index in [2.05, 4.69) is 10.3 Å². The molecule has 5 nitrogen and oxygen atoms in total. The number of aromatic nitrogens is 1. The number of pyridine rings is 1. The van der Waals surface area contributed by atoms with Crippen LogP contribution in [0.3, 0.4) is 0 Å². The summed E-state index contributed by atoms with van der Waals surface area (Å²) in [5, 5.41) is 13.9. The molecule has 3 aromatic rings. The third-order valence-corrected chi connectivity index (χ3v) is 3.20. The Labute approximate surface area is 120 Å². The van der Waals surface area contributed by atoms with Crippen molar-refractivity contribution in [1.29, 1.82) is 0 Å². The summed E-state index contributed by atoms with van der Waals surface area (Å²) >= 11 is 0. The van der Waals surface area contributed by atoms with Gasteiger partial charge in [0.25, 0.3) is 0 Å². The molecule has 0 aliphatic carbocycles. The van der Waals surface area contributed by atoms with Crippen molar-refractivity contribution in [2.24, 2.45) is 0 Å². The lowest BCUT2D eigenvalue weighted by Gasteiger charge is -2.09. The van der Waals surface area contributed by atoms with Crippen molar-refractivity contribution in [2.45, 2.75) is 13.1 Å². The Morgan fingerprint density at radius 2 is 1.95 bits per heavy atom. The molecule has 0 radical (unpaired) electrons. The van der Waals surface area contributed by atoms with Crippen LogP contribution in [0, 0.1) is 0 Å². The van der Waals surface area contributed by atoms with Gasteiger partial charge >= 0.3 is 5.63 Å². The predicted octanol–water partition coefficient (Wildman–Crippen LogP) is 2.18. The first kappa shape index (κ1) is 13.3. The summed E-state index contributed by atoms with van der Waals surface area (Å²) in [6, 6.07) is 12.0. The van der Waals surface area contributed by atoms with Crippen LogP contribution in [0.2, 0.25) is 0 Å². The average molecular weight is 282 g/mol. The van der Waals surface area contributed by atoms with Gasteiger partial charge in [0.15, 0.2) is 0 Å². The molecule has 3 rings (SSSR count). The fourth-order valence-corrected chi connectivity index (χ4v) is 2.17. The van der Waals surface area contributed by atoms with E-state index in [9.17, 15) is 9.90 Å². The van der Waals surface area contributed by atoms with Crippen LogP contribution in [-0.2, 0) is 13.1 Å². The van der Waals surface area contributed by atoms with Crippen LogP contribution < -0.4 is 10.9 Å². The highest BCUT2D eigenvalue weighted by molar-refractivity contribution is 5.81. The maximum absolute atomic E-state index is 11.4. The smallest absolute Gasteiger partial charge is 0.336 e. The third kappa shape index (κ3) is 2.93. The molecule has 2 heterocycles. The summed E-state index contributed by atoms with van der Waals surface area (Å²) in [5.41, 5.74) is 1.45. The first-order valence-electron chi connectivity index (χ1n) is 6.59. The lowest BCUT2D eigenvalue weighted by molar-refractivity contribution is 0.460. The highest BCUT2D eigenvalue weighted by atomic mass is 16.4. The van der Waals surface area contributed by atoms with Gasteiger partial charge in [-0.1, -0.05) is 6.07 Å². The molecule has 0 unspecified atom stereocenters. The zero-order valence-corrected chi connectivity index (χ0v) is 11.2. The lowest BCUT2D eigenvalue weighted by atomic mass is 10.1. The minimum atomic E-state index is -0.431. The molecule has 0 aliphatic rings. The van der Waals surface area contributed by atoms with Gasteiger partial charge in [0, 0.05) is 30.7 Å². The number of benzene rings is 1. The van der Waals surface area contributed by atoms with E-state index in [1.54, 1.807) is 24.4 Å². The normalized spacial score (nSPS) is 10.9. The SMILES string of the molecule is O=c1ccc2ccc(O)c(CNCc3ccccn3)c2o1. The molecule has 0 amide bonds. The van der Waals surface area contributed by atoms with E-state index in [1.807, 2.05) is 18.2 Å². The number of phenols is 1. The third-order valence-electron chi connectivity index (χ3n) is 3.20. The molecular formula is C16H14N2O3. The van der Waals surface area contributed by atoms with Gasteiger partial charge in [-0.2, -0.15) is 0 Å². The Morgan fingerprint density at radius 3 is 2.76 bits per heavy atom. The molecule has 0 bridgehead atoms. The standard InChI is InChI=1S/C16H14N2O3/c19-14-6-4-11-5-7-15(20)21-16(11)13(14)10-17-9-12-3-1-2-8-18-12/h1-8,17,19H,9-10H2. The van der Waals surface area contributed by atoms with E-state index in [4.69, 9.17) is 4.42 Å². The zero-order valence-electron chi connectivity index (χ0n) is 11.2. The number of rotatable bonds is 4. The molecule has 0 atom stereocenters. The molecule has 21 heavy (non-hydrogen) atoms. The average Bonchev–Trinajstić information content (AvgIpc) is 2.50. The molecule has 0 spiro atoms. The number of phenolic OH excluding ortho intramolecular Hbond substituents is 1. The van der Waals surface area contributed by atoms with Crippen molar-refractivity contribution in [3.05, 3.63) is 70.3 Å². The Balaban J connectivity index is 1.84. The topological polar surface area (TPSA) is 75.4 Å². The Hall–Kier alpha value is -2.66. The molecular weight excluding hydrogens is 268 g/mol. The van der Waals surface area contributed by atoms with Gasteiger partial charge in [-0.3, -0.25) is 4.98 Å². The van der Waals surface area contributed by atoms with Crippen molar-refractivity contribution >= 4 is 11.0 Å². The highest BCUT2D eigenvalue weighted by Gasteiger charge is 2.09. The van der Waals surface area contributed by atoms with Gasteiger partial charge in [-0.05, 0) is 30.3 Å². The summed E-state index contributed by atoms with van der Waals surface area (Å²) in [4.78, 5) is 15.6. The number of fused-ring (bicyclic) bond motifs is 1. The summed E-state index contributed by atoms with van der Waals surface area (Å²) in [5.74, 6) is 0.102. The second-order valence-corrected chi connectivity index (χ2v) is 4.66. The first-order valence-corrected chi connectivity index (χ1v) is 6.59. The van der Waals surface area contributed by atoms with Crippen LogP contribution in [0.1, 0.15) is 11.3 Å². The maximum Gasteiger partial charge on any atom is 0.336 e. The zero-order chi connectivity index (χ0) is 14.7. The van der Waals surface area contributed by atoms with Gasteiger partial charge in [0.1, 0.15) is 11.3 Å². The largest absolute Gasteiger partial charge is 0.507 e. The van der Waals surface area contributed by atoms with Crippen molar-refractivity contribution in [3.8, 4) is 5.75 Å². The Kier molecular flexibility index (Phi) is 3.66. The van der Waals surface area contributed by atoms with E-state index >= 15 is 0 Å². The van der Waals surface area contributed by atoms with Crippen LogP contribution in [0.15, 0.2) is 57.9 Å². The number of aromatic hydroxyl groups is 1. The van der Waals surface area contributed by atoms with Crippen LogP contribution in [-0.4, -0.2) is 10.1 Å². The second kappa shape index (κ2) is 5.76. The molecule has 1 aromatic carbocycles. The summed E-state index contributed by atoms with van der Waals surface area (Å²) in [7, 11) is 0. The van der Waals surface area contributed by atoms with E-state index < -0.39 is 5.63 Å². The van der Waals surface area contributed by atoms with Crippen molar-refractivity contribution in [1.82, 2.24) is 10.3 Å². The van der Waals surface area contributed by atoms with Crippen LogP contribution in [0.5, 0.6) is 5.75 Å². The molecule has 0 aliphatic heterocycles. The monoisotopic (exact) mass is 282 g/mol. The molecule has 2 aromatic heterocycles. The molecule has 0 saturated heterocycles. The van der Waals surface area contributed by atoms with E-state index in [1.165, 1.54) is 6.07 Å². The molecule has 2 N–H and O–H groups in total. The summed E-state index contributed by atoms with van der Waals surface area (Å²) in [6.07, 6.45) is 1.73. The first-order chi connectivity index (χ1) is 10.2. The minimum Gasteiger partial charge on any atom is -0.507 e. The lowest BCUT2D eigenvalue weighted by Crippen LogP contribution is -2.14. The molecule has 106 valence electrons. The number of nitrogens with one attached hydrogen (secondary N) is 1. The minimum absolute atomic E-state index is 0.102. The van der Waals surface area contributed by atoms with Gasteiger partial charge < -0.3 is 14.8 Å². The highest BCUT2D eigenvalue weighted by Crippen LogP contribution is 2.25. The number of hydrogen-bond donors (Lipinski definition) is 2. The summed E-state index contributed by atoms with van der Waals surface area (Å²) < 4.78 is 5.21. The van der Waals surface area contributed by atoms with Crippen molar-refractivity contribution < 1.29 is 9.52 Å². The van der Waals surface area contributed by atoms with E-state index in [-0.39, 0.29) is 5.75 Å². The number of hydrogen-bond acceptors (Lipinski definition) is 5. The fraction of sp³-hybridized carbons (Fsp3) is 0.125. The molecule has 5 heteroatoms. The quantitative estimate of drug-likeness (QED) is 0.717. The summed E-state index contributed by atoms with van der Waals surface area (Å²) in [6.45, 7) is 0.945. The van der Waals surface area contributed by atoms with Gasteiger partial charge in [0.2, 0.25) is 0 Å². The van der Waals surface area contributed by atoms with Crippen molar-refractivity contribution in [3.63, 3.8) is 0 Å². The molecule has 0 fully saturated rings. The van der Waals surface area contributed by atoms with E-state index in [0.717, 1.165) is 11.1 Å². The van der Waals surface area contributed by atoms with Crippen molar-refractivity contribution in [2.75, 3.05) is 0 Å². The fourth-order valence-electron chi connectivity index (χ4n) is 2.17. The second-order valence-electron chi connectivity index (χ2n) is 4.66. The Bertz CT molecular complexity index is 813. The van der Waals surface area contributed by atoms with Crippen LogP contribution in [0.4, 0.5) is 0 Å². The van der Waals surface area contributed by atoms with Gasteiger partial charge in [0.05, 0.1) is 11.3 Å². The van der Waals surface area contributed by atoms with E-state index in [0.29, 0.717) is 24.2 Å². The van der Waals surface area contributed by atoms with Crippen LogP contribution >= 0.6 is 0 Å². The molecule has 0 saturated carbocycles. The Morgan fingerprint density at radius 1 is 1.10 bits per heavy atom.